The Hall–Kier alpha value is -0.960. The third kappa shape index (κ3) is 2.85. The Morgan fingerprint density at radius 2 is 2.24 bits per heavy atom. The number of carbonyl (C=O) groups is 1. The molecule has 0 spiro atoms. The molecule has 1 aliphatic heterocycles. The van der Waals surface area contributed by atoms with Gasteiger partial charge >= 0.3 is 5.97 Å². The van der Waals surface area contributed by atoms with Gasteiger partial charge in [-0.3, -0.25) is 4.79 Å². The van der Waals surface area contributed by atoms with Crippen LogP contribution in [0.2, 0.25) is 0 Å². The van der Waals surface area contributed by atoms with Crippen LogP contribution in [-0.2, 0) is 26.0 Å². The summed E-state index contributed by atoms with van der Waals surface area (Å²) in [5.41, 5.74) is 0. The van der Waals surface area contributed by atoms with E-state index in [1.54, 1.807) is 10.4 Å². The highest BCUT2D eigenvalue weighted by Gasteiger charge is 2.42. The summed E-state index contributed by atoms with van der Waals surface area (Å²) in [6.07, 6.45) is 2.58. The van der Waals surface area contributed by atoms with E-state index in [2.05, 4.69) is 0 Å². The van der Waals surface area contributed by atoms with Crippen LogP contribution in [0.1, 0.15) is 24.1 Å². The van der Waals surface area contributed by atoms with E-state index < -0.39 is 16.0 Å². The molecule has 2 aliphatic rings. The van der Waals surface area contributed by atoms with Crippen molar-refractivity contribution in [1.29, 1.82) is 0 Å². The lowest BCUT2D eigenvalue weighted by Crippen LogP contribution is -2.50. The van der Waals surface area contributed by atoms with E-state index in [0.717, 1.165) is 30.6 Å². The molecule has 2 heterocycles. The summed E-state index contributed by atoms with van der Waals surface area (Å²) in [4.78, 5) is 11.3. The molecule has 116 valence electrons. The lowest BCUT2D eigenvalue weighted by Gasteiger charge is -2.36. The quantitative estimate of drug-likeness (QED) is 0.899. The van der Waals surface area contributed by atoms with Crippen LogP contribution in [0.15, 0.2) is 16.3 Å². The highest BCUT2D eigenvalue weighted by atomic mass is 32.2. The summed E-state index contributed by atoms with van der Waals surface area (Å²) in [5.74, 6) is -0.956. The van der Waals surface area contributed by atoms with Gasteiger partial charge in [-0.2, -0.15) is 4.31 Å². The summed E-state index contributed by atoms with van der Waals surface area (Å²) in [5, 5.41) is 8.78. The van der Waals surface area contributed by atoms with Crippen molar-refractivity contribution in [2.24, 2.45) is 0 Å². The van der Waals surface area contributed by atoms with Gasteiger partial charge in [0.1, 0.15) is 4.21 Å². The Balaban J connectivity index is 1.85. The summed E-state index contributed by atoms with van der Waals surface area (Å²) in [6, 6.07) is 3.02. The van der Waals surface area contributed by atoms with Crippen LogP contribution >= 0.6 is 11.3 Å². The first-order valence-corrected chi connectivity index (χ1v) is 9.18. The maximum atomic E-state index is 12.8. The summed E-state index contributed by atoms with van der Waals surface area (Å²) < 4.78 is 32.9. The van der Waals surface area contributed by atoms with Crippen molar-refractivity contribution in [2.45, 2.75) is 42.0 Å². The van der Waals surface area contributed by atoms with Gasteiger partial charge in [0.05, 0.1) is 25.2 Å². The Morgan fingerprint density at radius 1 is 1.43 bits per heavy atom. The van der Waals surface area contributed by atoms with Crippen molar-refractivity contribution in [3.8, 4) is 0 Å². The van der Waals surface area contributed by atoms with E-state index >= 15 is 0 Å². The lowest BCUT2D eigenvalue weighted by atomic mass is 10.2. The smallest absolute Gasteiger partial charge is 0.308 e. The number of hydrogen-bond donors (Lipinski definition) is 1. The molecule has 2 unspecified atom stereocenters. The maximum Gasteiger partial charge on any atom is 0.308 e. The number of carboxylic acids is 1. The first-order chi connectivity index (χ1) is 9.98. The molecule has 8 heteroatoms. The first-order valence-electron chi connectivity index (χ1n) is 6.92. The number of sulfonamides is 1. The number of carboxylic acid groups (broad SMARTS) is 1. The number of morpholine rings is 1. The fraction of sp³-hybridized carbons (Fsp3) is 0.615. The zero-order chi connectivity index (χ0) is 15.0. The zero-order valence-corrected chi connectivity index (χ0v) is 13.0. The molecule has 1 N–H and O–H groups in total. The average Bonchev–Trinajstić information content (AvgIpc) is 3.05. The highest BCUT2D eigenvalue weighted by Crippen LogP contribution is 2.35. The molecule has 3 rings (SSSR count). The van der Waals surface area contributed by atoms with E-state index in [1.165, 1.54) is 6.07 Å². The molecule has 21 heavy (non-hydrogen) atoms. The Morgan fingerprint density at radius 3 is 3.00 bits per heavy atom. The number of ether oxygens (including phenoxy) is 1. The van der Waals surface area contributed by atoms with Crippen molar-refractivity contribution in [1.82, 2.24) is 4.31 Å². The van der Waals surface area contributed by atoms with E-state index in [-0.39, 0.29) is 22.8 Å². The monoisotopic (exact) mass is 331 g/mol. The molecule has 1 aliphatic carbocycles. The van der Waals surface area contributed by atoms with Gasteiger partial charge in [0.15, 0.2) is 0 Å². The second-order valence-electron chi connectivity index (χ2n) is 5.31. The van der Waals surface area contributed by atoms with Crippen LogP contribution < -0.4 is 0 Å². The van der Waals surface area contributed by atoms with Crippen LogP contribution in [0.3, 0.4) is 0 Å². The Labute approximate surface area is 127 Å². The molecule has 2 atom stereocenters. The molecule has 0 radical (unpaired) electrons. The summed E-state index contributed by atoms with van der Waals surface area (Å²) in [7, 11) is -3.55. The zero-order valence-electron chi connectivity index (χ0n) is 11.4. The largest absolute Gasteiger partial charge is 0.481 e. The molecule has 1 aromatic rings. The minimum atomic E-state index is -3.55. The van der Waals surface area contributed by atoms with Crippen LogP contribution in [0.25, 0.3) is 0 Å². The SMILES string of the molecule is O=C(O)Cc1ccc(S(=O)(=O)N2CCOC3CCCC32)s1. The predicted octanol–water partition coefficient (Wildman–Crippen LogP) is 1.32. The van der Waals surface area contributed by atoms with Gasteiger partial charge in [0.25, 0.3) is 10.0 Å². The predicted molar refractivity (Wildman–Crippen MR) is 76.9 cm³/mol. The first kappa shape index (κ1) is 15.0. The van der Waals surface area contributed by atoms with Gasteiger partial charge in [-0.25, -0.2) is 8.42 Å². The van der Waals surface area contributed by atoms with Gasteiger partial charge in [-0.1, -0.05) is 0 Å². The number of fused-ring (bicyclic) bond motifs is 1. The van der Waals surface area contributed by atoms with E-state index in [0.29, 0.717) is 18.0 Å². The number of hydrogen-bond acceptors (Lipinski definition) is 5. The molecule has 0 aromatic carbocycles. The Kier molecular flexibility index (Phi) is 4.04. The average molecular weight is 331 g/mol. The highest BCUT2D eigenvalue weighted by molar-refractivity contribution is 7.91. The molecule has 0 amide bonds. The molecule has 0 bridgehead atoms. The minimum Gasteiger partial charge on any atom is -0.481 e. The summed E-state index contributed by atoms with van der Waals surface area (Å²) in [6.45, 7) is 0.795. The topological polar surface area (TPSA) is 83.9 Å². The van der Waals surface area contributed by atoms with Crippen molar-refractivity contribution >= 4 is 27.3 Å². The molecule has 2 fully saturated rings. The fourth-order valence-electron chi connectivity index (χ4n) is 3.05. The number of thiophene rings is 1. The van der Waals surface area contributed by atoms with Crippen LogP contribution in [0.5, 0.6) is 0 Å². The third-order valence-corrected chi connectivity index (χ3v) is 7.43. The standard InChI is InChI=1S/C13H17NO5S2/c15-12(16)8-9-4-5-13(20-9)21(17,18)14-6-7-19-11-3-1-2-10(11)14/h4-5,10-11H,1-3,6-8H2,(H,15,16). The fourth-order valence-corrected chi connectivity index (χ4v) is 6.18. The Bertz CT molecular complexity index is 639. The number of nitrogens with zero attached hydrogens (tertiary/aromatic N) is 1. The van der Waals surface area contributed by atoms with E-state index in [4.69, 9.17) is 9.84 Å². The van der Waals surface area contributed by atoms with Crippen molar-refractivity contribution in [3.05, 3.63) is 17.0 Å². The van der Waals surface area contributed by atoms with Gasteiger partial charge < -0.3 is 9.84 Å². The summed E-state index contributed by atoms with van der Waals surface area (Å²) >= 11 is 1.04. The lowest BCUT2D eigenvalue weighted by molar-refractivity contribution is -0.136. The van der Waals surface area contributed by atoms with Gasteiger partial charge in [-0.15, -0.1) is 11.3 Å². The second-order valence-corrected chi connectivity index (χ2v) is 8.60. The number of aliphatic carboxylic acids is 1. The van der Waals surface area contributed by atoms with Gasteiger partial charge in [0.2, 0.25) is 0 Å². The molecule has 1 saturated heterocycles. The molecule has 1 saturated carbocycles. The molecule has 6 nitrogen and oxygen atoms in total. The third-order valence-electron chi connectivity index (χ3n) is 3.96. The van der Waals surface area contributed by atoms with Gasteiger partial charge in [0, 0.05) is 11.4 Å². The van der Waals surface area contributed by atoms with Crippen LogP contribution in [-0.4, -0.2) is 49.1 Å². The van der Waals surface area contributed by atoms with E-state index in [1.807, 2.05) is 0 Å². The van der Waals surface area contributed by atoms with Gasteiger partial charge in [-0.05, 0) is 31.4 Å². The maximum absolute atomic E-state index is 12.8. The number of rotatable bonds is 4. The second kappa shape index (κ2) is 5.68. The van der Waals surface area contributed by atoms with Crippen LogP contribution in [0.4, 0.5) is 0 Å². The molecular formula is C13H17NO5S2. The van der Waals surface area contributed by atoms with E-state index in [9.17, 15) is 13.2 Å². The van der Waals surface area contributed by atoms with Crippen molar-refractivity contribution in [2.75, 3.05) is 13.2 Å². The molecule has 1 aromatic heterocycles. The normalized spacial score (nSPS) is 26.7. The van der Waals surface area contributed by atoms with Crippen LogP contribution in [0, 0.1) is 0 Å². The van der Waals surface area contributed by atoms with Crippen molar-refractivity contribution in [3.63, 3.8) is 0 Å². The minimum absolute atomic E-state index is 0.00646. The van der Waals surface area contributed by atoms with Crippen molar-refractivity contribution < 1.29 is 23.1 Å². The molecular weight excluding hydrogens is 314 g/mol.